The largest absolute Gasteiger partial charge is 0.456 e. The van der Waals surface area contributed by atoms with Crippen LogP contribution in [0.3, 0.4) is 0 Å². The molecular formula is C70H50N4O. The SMILES string of the molecule is CC1(C)c2ccccc2-c2ccc(N(c3ccccc3)c3ccc4c(c3)-c3cccnc3-c3ncccc3-c3c-4c(N(c4ccccc4)c4ccc5c(c4)C(C)(C)c4ccccc4-5)cc4oc5ccccc5c34)cc21. The summed E-state index contributed by atoms with van der Waals surface area (Å²) >= 11 is 0. The Balaban J connectivity index is 1.04. The summed E-state index contributed by atoms with van der Waals surface area (Å²) in [5, 5.41) is 2.09. The van der Waals surface area contributed by atoms with E-state index in [0.29, 0.717) is 0 Å². The van der Waals surface area contributed by atoms with Crippen molar-refractivity contribution in [2.45, 2.75) is 38.5 Å². The topological polar surface area (TPSA) is 45.4 Å². The molecule has 3 aromatic heterocycles. The Morgan fingerprint density at radius 1 is 0.333 bits per heavy atom. The van der Waals surface area contributed by atoms with Gasteiger partial charge in [-0.25, -0.2) is 0 Å². The van der Waals surface area contributed by atoms with Crippen molar-refractivity contribution in [3.8, 4) is 67.0 Å². The van der Waals surface area contributed by atoms with Gasteiger partial charge in [-0.1, -0.05) is 161 Å². The Kier molecular flexibility index (Phi) is 9.28. The number of hydrogen-bond donors (Lipinski definition) is 0. The van der Waals surface area contributed by atoms with E-state index in [-0.39, 0.29) is 10.8 Å². The minimum atomic E-state index is -0.213. The summed E-state index contributed by atoms with van der Waals surface area (Å²) in [6.45, 7) is 9.42. The normalized spacial score (nSPS) is 13.8. The van der Waals surface area contributed by atoms with Crippen LogP contribution in [0, 0.1) is 0 Å². The molecule has 0 bridgehead atoms. The van der Waals surface area contributed by atoms with Crippen molar-refractivity contribution in [2.24, 2.45) is 0 Å². The second-order valence-corrected chi connectivity index (χ2v) is 21.3. The van der Waals surface area contributed by atoms with E-state index in [1.54, 1.807) is 0 Å². The average Bonchev–Trinajstić information content (AvgIpc) is 4.09. The van der Waals surface area contributed by atoms with E-state index in [0.717, 1.165) is 101 Å². The average molecular weight is 963 g/mol. The zero-order valence-electron chi connectivity index (χ0n) is 42.1. The molecule has 0 saturated carbocycles. The third kappa shape index (κ3) is 6.31. The minimum absolute atomic E-state index is 0.173. The van der Waals surface area contributed by atoms with Crippen molar-refractivity contribution in [3.05, 3.63) is 253 Å². The summed E-state index contributed by atoms with van der Waals surface area (Å²) in [5.41, 5.74) is 25.9. The first kappa shape index (κ1) is 43.3. The van der Waals surface area contributed by atoms with Crippen LogP contribution in [-0.2, 0) is 10.8 Å². The van der Waals surface area contributed by atoms with Crippen LogP contribution < -0.4 is 9.80 Å². The van der Waals surface area contributed by atoms with Crippen molar-refractivity contribution in [2.75, 3.05) is 9.80 Å². The number of rotatable bonds is 6. The van der Waals surface area contributed by atoms with Gasteiger partial charge in [-0.2, -0.15) is 0 Å². The summed E-state index contributed by atoms with van der Waals surface area (Å²) < 4.78 is 7.02. The molecule has 0 atom stereocenters. The number of aromatic nitrogens is 2. The van der Waals surface area contributed by atoms with Gasteiger partial charge in [-0.3, -0.25) is 9.97 Å². The van der Waals surface area contributed by atoms with E-state index in [2.05, 4.69) is 256 Å². The highest BCUT2D eigenvalue weighted by molar-refractivity contribution is 6.22. The van der Waals surface area contributed by atoms with Crippen LogP contribution in [0.2, 0.25) is 0 Å². The van der Waals surface area contributed by atoms with Gasteiger partial charge in [0.25, 0.3) is 0 Å². The highest BCUT2D eigenvalue weighted by atomic mass is 16.3. The molecule has 3 aliphatic rings. The van der Waals surface area contributed by atoms with Gasteiger partial charge < -0.3 is 14.2 Å². The molecular weight excluding hydrogens is 913 g/mol. The van der Waals surface area contributed by atoms with Crippen LogP contribution in [0.4, 0.5) is 34.1 Å². The predicted molar refractivity (Wildman–Crippen MR) is 309 cm³/mol. The third-order valence-corrected chi connectivity index (χ3v) is 16.5. The lowest BCUT2D eigenvalue weighted by atomic mass is 9.81. The second kappa shape index (κ2) is 16.1. The number of pyridine rings is 2. The van der Waals surface area contributed by atoms with Crippen molar-refractivity contribution in [1.29, 1.82) is 0 Å². The molecule has 0 unspecified atom stereocenters. The van der Waals surface area contributed by atoms with Crippen molar-refractivity contribution in [3.63, 3.8) is 0 Å². The van der Waals surface area contributed by atoms with Gasteiger partial charge in [-0.05, 0) is 134 Å². The molecule has 0 saturated heterocycles. The zero-order chi connectivity index (χ0) is 50.2. The molecule has 5 heteroatoms. The Bertz CT molecular complexity index is 4320. The van der Waals surface area contributed by atoms with E-state index in [4.69, 9.17) is 14.4 Å². The summed E-state index contributed by atoms with van der Waals surface area (Å²) in [6.07, 6.45) is 3.80. The van der Waals surface area contributed by atoms with Crippen LogP contribution in [-0.4, -0.2) is 9.97 Å². The molecule has 0 N–H and O–H groups in total. The number of benzene rings is 9. The highest BCUT2D eigenvalue weighted by Gasteiger charge is 2.39. The third-order valence-electron chi connectivity index (χ3n) is 16.5. The van der Waals surface area contributed by atoms with Gasteiger partial charge in [0.05, 0.1) is 17.1 Å². The van der Waals surface area contributed by atoms with E-state index >= 15 is 0 Å². The number of anilines is 6. The number of hydrogen-bond acceptors (Lipinski definition) is 5. The minimum Gasteiger partial charge on any atom is -0.456 e. The van der Waals surface area contributed by atoms with Crippen molar-refractivity contribution >= 4 is 56.1 Å². The molecule has 3 heterocycles. The Hall–Kier alpha value is -9.32. The molecule has 15 rings (SSSR count). The Morgan fingerprint density at radius 2 is 0.813 bits per heavy atom. The lowest BCUT2D eigenvalue weighted by molar-refractivity contribution is 0.660. The van der Waals surface area contributed by atoms with Gasteiger partial charge in [0.15, 0.2) is 0 Å². The molecule has 0 spiro atoms. The van der Waals surface area contributed by atoms with Crippen LogP contribution in [0.15, 0.2) is 235 Å². The fourth-order valence-corrected chi connectivity index (χ4v) is 13.0. The molecule has 0 aliphatic heterocycles. The molecule has 12 aromatic rings. The van der Waals surface area contributed by atoms with Crippen molar-refractivity contribution < 1.29 is 4.42 Å². The first-order valence-electron chi connectivity index (χ1n) is 26.0. The van der Waals surface area contributed by atoms with Gasteiger partial charge in [0, 0.05) is 90.8 Å². The summed E-state index contributed by atoms with van der Waals surface area (Å²) in [7, 11) is 0. The Morgan fingerprint density at radius 3 is 1.45 bits per heavy atom. The molecule has 3 aliphatic carbocycles. The zero-order valence-corrected chi connectivity index (χ0v) is 42.1. The maximum Gasteiger partial charge on any atom is 0.138 e. The molecule has 5 nitrogen and oxygen atoms in total. The Labute approximate surface area is 436 Å². The van der Waals surface area contributed by atoms with E-state index in [9.17, 15) is 0 Å². The van der Waals surface area contributed by atoms with Crippen molar-refractivity contribution in [1.82, 2.24) is 9.97 Å². The number of furan rings is 1. The maximum atomic E-state index is 7.02. The summed E-state index contributed by atoms with van der Waals surface area (Å²) in [4.78, 5) is 15.4. The molecule has 0 amide bonds. The van der Waals surface area contributed by atoms with E-state index < -0.39 is 0 Å². The van der Waals surface area contributed by atoms with Gasteiger partial charge >= 0.3 is 0 Å². The van der Waals surface area contributed by atoms with Crippen LogP contribution in [0.1, 0.15) is 49.9 Å². The van der Waals surface area contributed by atoms with Crippen LogP contribution >= 0.6 is 0 Å². The van der Waals surface area contributed by atoms with Gasteiger partial charge in [0.1, 0.15) is 11.2 Å². The molecule has 0 radical (unpaired) electrons. The lowest BCUT2D eigenvalue weighted by Crippen LogP contribution is -2.17. The predicted octanol–water partition coefficient (Wildman–Crippen LogP) is 18.9. The monoisotopic (exact) mass is 962 g/mol. The van der Waals surface area contributed by atoms with E-state index in [1.165, 1.54) is 44.5 Å². The standard InChI is InChI=1S/C70H50N4O/c1-69(2)57-28-14-11-23-48(57)50-34-31-46(40-59(50)69)73(43-19-7-5-8-20-43)45-33-36-52-56(39-45)53-26-17-37-71-67(53)68-55(27-18-38-72-68)66-64(52)61(42-63-65(66)54-25-13-16-30-62(54)75-63)74(44-21-9-6-10-22-44)47-32-35-51-49-24-12-15-29-58(49)70(3,4)60(51)41-47/h5-42H,1-4H3. The lowest BCUT2D eigenvalue weighted by Gasteiger charge is -2.33. The van der Waals surface area contributed by atoms with Crippen LogP contribution in [0.25, 0.3) is 89.0 Å². The summed E-state index contributed by atoms with van der Waals surface area (Å²) in [6, 6.07) is 79.7. The molecule has 0 fully saturated rings. The molecule has 356 valence electrons. The smallest absolute Gasteiger partial charge is 0.138 e. The van der Waals surface area contributed by atoms with E-state index in [1.807, 2.05) is 12.4 Å². The first-order chi connectivity index (χ1) is 36.7. The first-order valence-corrected chi connectivity index (χ1v) is 26.0. The van der Waals surface area contributed by atoms with Gasteiger partial charge in [-0.15, -0.1) is 0 Å². The fraction of sp³-hybridized carbons (Fsp3) is 0.0857. The number of nitrogens with zero attached hydrogens (tertiary/aromatic N) is 4. The van der Waals surface area contributed by atoms with Gasteiger partial charge in [0.2, 0.25) is 0 Å². The fourth-order valence-electron chi connectivity index (χ4n) is 13.0. The molecule has 9 aromatic carbocycles. The van der Waals surface area contributed by atoms with Crippen LogP contribution in [0.5, 0.6) is 0 Å². The molecule has 75 heavy (non-hydrogen) atoms. The number of para-hydroxylation sites is 3. The quantitative estimate of drug-likeness (QED) is 0.166. The highest BCUT2D eigenvalue weighted by Crippen LogP contribution is 2.58. The maximum absolute atomic E-state index is 7.02. The summed E-state index contributed by atoms with van der Waals surface area (Å²) in [5.74, 6) is 0. The number of fused-ring (bicyclic) bond motifs is 18. The second-order valence-electron chi connectivity index (χ2n) is 21.3.